The third-order valence-corrected chi connectivity index (χ3v) is 6.70. The standard InChI is InChI=1S/C32H60O6/c1-5-7-9-11-13-14-15-16-18-20-22-24-31(34)38-29(27-37-32(35)25-28(3)4)26-36-30(33)23-21-19-17-12-10-8-6-2/h28-29H,5-27H2,1-4H3/t29-/m0/s1. The number of ether oxygens (including phenoxy) is 3. The van der Waals surface area contributed by atoms with Crippen molar-refractivity contribution >= 4 is 17.9 Å². The number of esters is 3. The van der Waals surface area contributed by atoms with Crippen LogP contribution in [0.15, 0.2) is 0 Å². The lowest BCUT2D eigenvalue weighted by molar-refractivity contribution is -0.167. The summed E-state index contributed by atoms with van der Waals surface area (Å²) in [5.41, 5.74) is 0. The van der Waals surface area contributed by atoms with E-state index in [9.17, 15) is 14.4 Å². The summed E-state index contributed by atoms with van der Waals surface area (Å²) in [6.45, 7) is 8.17. The van der Waals surface area contributed by atoms with Gasteiger partial charge in [0.25, 0.3) is 0 Å². The van der Waals surface area contributed by atoms with Gasteiger partial charge in [-0.05, 0) is 18.8 Å². The van der Waals surface area contributed by atoms with Gasteiger partial charge in [-0.15, -0.1) is 0 Å². The van der Waals surface area contributed by atoms with E-state index in [4.69, 9.17) is 14.2 Å². The molecule has 0 fully saturated rings. The van der Waals surface area contributed by atoms with E-state index in [2.05, 4.69) is 13.8 Å². The van der Waals surface area contributed by atoms with Gasteiger partial charge in [-0.3, -0.25) is 14.4 Å². The van der Waals surface area contributed by atoms with E-state index in [0.717, 1.165) is 38.5 Å². The Morgan fingerprint density at radius 2 is 0.868 bits per heavy atom. The lowest BCUT2D eigenvalue weighted by Gasteiger charge is -2.18. The quantitative estimate of drug-likeness (QED) is 0.0588. The van der Waals surface area contributed by atoms with E-state index >= 15 is 0 Å². The first-order valence-electron chi connectivity index (χ1n) is 15.9. The summed E-state index contributed by atoms with van der Waals surface area (Å²) < 4.78 is 16.2. The predicted molar refractivity (Wildman–Crippen MR) is 155 cm³/mol. The zero-order valence-electron chi connectivity index (χ0n) is 25.4. The van der Waals surface area contributed by atoms with Crippen LogP contribution in [0.25, 0.3) is 0 Å². The van der Waals surface area contributed by atoms with Gasteiger partial charge in [-0.1, -0.05) is 130 Å². The average molecular weight is 541 g/mol. The van der Waals surface area contributed by atoms with Gasteiger partial charge in [0.05, 0.1) is 0 Å². The molecular formula is C32H60O6. The molecule has 0 saturated carbocycles. The van der Waals surface area contributed by atoms with Crippen LogP contribution in [0, 0.1) is 5.92 Å². The molecule has 0 bridgehead atoms. The molecule has 0 aromatic carbocycles. The van der Waals surface area contributed by atoms with Crippen LogP contribution in [0.4, 0.5) is 0 Å². The van der Waals surface area contributed by atoms with Crippen LogP contribution >= 0.6 is 0 Å². The molecule has 0 saturated heterocycles. The molecule has 1 atom stereocenters. The maximum atomic E-state index is 12.4. The van der Waals surface area contributed by atoms with Crippen LogP contribution in [-0.4, -0.2) is 37.2 Å². The van der Waals surface area contributed by atoms with Crippen molar-refractivity contribution in [3.63, 3.8) is 0 Å². The molecule has 0 rings (SSSR count). The molecule has 0 aliphatic carbocycles. The first-order chi connectivity index (χ1) is 18.4. The second-order valence-corrected chi connectivity index (χ2v) is 11.2. The highest BCUT2D eigenvalue weighted by molar-refractivity contribution is 5.71. The number of hydrogen-bond acceptors (Lipinski definition) is 6. The van der Waals surface area contributed by atoms with Crippen LogP contribution in [0.3, 0.4) is 0 Å². The molecule has 0 aromatic heterocycles. The van der Waals surface area contributed by atoms with E-state index in [1.807, 2.05) is 13.8 Å². The van der Waals surface area contributed by atoms with Crippen LogP contribution in [0.1, 0.15) is 163 Å². The number of unbranched alkanes of at least 4 members (excludes halogenated alkanes) is 16. The molecule has 0 spiro atoms. The smallest absolute Gasteiger partial charge is 0.306 e. The maximum Gasteiger partial charge on any atom is 0.306 e. The van der Waals surface area contributed by atoms with Gasteiger partial charge in [0, 0.05) is 19.3 Å². The minimum absolute atomic E-state index is 0.0751. The van der Waals surface area contributed by atoms with E-state index in [1.54, 1.807) is 0 Å². The van der Waals surface area contributed by atoms with Crippen molar-refractivity contribution < 1.29 is 28.6 Å². The van der Waals surface area contributed by atoms with Gasteiger partial charge < -0.3 is 14.2 Å². The van der Waals surface area contributed by atoms with Crippen LogP contribution in [0.2, 0.25) is 0 Å². The molecule has 6 heteroatoms. The van der Waals surface area contributed by atoms with Gasteiger partial charge in [0.2, 0.25) is 0 Å². The topological polar surface area (TPSA) is 78.9 Å². The van der Waals surface area contributed by atoms with Crippen molar-refractivity contribution in [2.75, 3.05) is 13.2 Å². The molecule has 0 radical (unpaired) electrons. The molecule has 0 amide bonds. The Bertz CT molecular complexity index is 574. The van der Waals surface area contributed by atoms with E-state index in [0.29, 0.717) is 19.3 Å². The molecule has 0 unspecified atom stereocenters. The number of hydrogen-bond donors (Lipinski definition) is 0. The molecule has 6 nitrogen and oxygen atoms in total. The zero-order chi connectivity index (χ0) is 28.3. The highest BCUT2D eigenvalue weighted by atomic mass is 16.6. The molecule has 0 heterocycles. The van der Waals surface area contributed by atoms with Crippen molar-refractivity contribution in [3.05, 3.63) is 0 Å². The van der Waals surface area contributed by atoms with Crippen LogP contribution in [-0.2, 0) is 28.6 Å². The van der Waals surface area contributed by atoms with E-state index in [1.165, 1.54) is 77.0 Å². The Hall–Kier alpha value is -1.59. The lowest BCUT2D eigenvalue weighted by Crippen LogP contribution is -2.31. The summed E-state index contributed by atoms with van der Waals surface area (Å²) in [4.78, 5) is 36.5. The Morgan fingerprint density at radius 3 is 1.29 bits per heavy atom. The maximum absolute atomic E-state index is 12.4. The van der Waals surface area contributed by atoms with Crippen molar-refractivity contribution in [2.45, 2.75) is 169 Å². The summed E-state index contributed by atoms with van der Waals surface area (Å²) in [7, 11) is 0. The molecule has 0 aromatic rings. The highest BCUT2D eigenvalue weighted by Gasteiger charge is 2.19. The predicted octanol–water partition coefficient (Wildman–Crippen LogP) is 8.87. The Morgan fingerprint density at radius 1 is 0.500 bits per heavy atom. The van der Waals surface area contributed by atoms with Gasteiger partial charge in [-0.2, -0.15) is 0 Å². The number of carbonyl (C=O) groups excluding carboxylic acids is 3. The zero-order valence-corrected chi connectivity index (χ0v) is 25.4. The fourth-order valence-electron chi connectivity index (χ4n) is 4.36. The van der Waals surface area contributed by atoms with Crippen LogP contribution < -0.4 is 0 Å². The fourth-order valence-corrected chi connectivity index (χ4v) is 4.36. The lowest BCUT2D eigenvalue weighted by atomic mass is 10.1. The minimum Gasteiger partial charge on any atom is -0.462 e. The molecule has 0 aliphatic rings. The fraction of sp³-hybridized carbons (Fsp3) is 0.906. The van der Waals surface area contributed by atoms with Gasteiger partial charge in [-0.25, -0.2) is 0 Å². The van der Waals surface area contributed by atoms with Gasteiger partial charge in [0.15, 0.2) is 6.10 Å². The molecule has 0 N–H and O–H groups in total. The third-order valence-electron chi connectivity index (χ3n) is 6.70. The summed E-state index contributed by atoms with van der Waals surface area (Å²) in [6.07, 6.45) is 21.5. The van der Waals surface area contributed by atoms with Crippen molar-refractivity contribution in [3.8, 4) is 0 Å². The molecule has 0 aliphatic heterocycles. The Kier molecular flexibility index (Phi) is 25.9. The highest BCUT2D eigenvalue weighted by Crippen LogP contribution is 2.13. The first-order valence-corrected chi connectivity index (χ1v) is 15.9. The van der Waals surface area contributed by atoms with E-state index in [-0.39, 0.29) is 37.0 Å². The van der Waals surface area contributed by atoms with Crippen molar-refractivity contribution in [1.29, 1.82) is 0 Å². The van der Waals surface area contributed by atoms with Gasteiger partial charge >= 0.3 is 17.9 Å². The third kappa shape index (κ3) is 26.0. The SMILES string of the molecule is CCCCCCCCCCCCCC(=O)O[C@@H](COC(=O)CCCCCCCCC)COC(=O)CC(C)C. The van der Waals surface area contributed by atoms with E-state index < -0.39 is 6.10 Å². The Labute approximate surface area is 234 Å². The molecule has 224 valence electrons. The summed E-state index contributed by atoms with van der Waals surface area (Å²) in [5.74, 6) is -0.766. The van der Waals surface area contributed by atoms with Gasteiger partial charge in [0.1, 0.15) is 13.2 Å². The second kappa shape index (κ2) is 27.0. The van der Waals surface area contributed by atoms with Crippen molar-refractivity contribution in [1.82, 2.24) is 0 Å². The number of carbonyl (C=O) groups is 3. The minimum atomic E-state index is -0.760. The van der Waals surface area contributed by atoms with Crippen molar-refractivity contribution in [2.24, 2.45) is 5.92 Å². The average Bonchev–Trinajstić information content (AvgIpc) is 2.87. The number of rotatable bonds is 27. The van der Waals surface area contributed by atoms with Crippen LogP contribution in [0.5, 0.6) is 0 Å². The summed E-state index contributed by atoms with van der Waals surface area (Å²) in [5, 5.41) is 0. The normalized spacial score (nSPS) is 11.9. The molecule has 38 heavy (non-hydrogen) atoms. The summed E-state index contributed by atoms with van der Waals surface area (Å²) >= 11 is 0. The Balaban J connectivity index is 4.20. The monoisotopic (exact) mass is 540 g/mol. The largest absolute Gasteiger partial charge is 0.462 e. The second-order valence-electron chi connectivity index (χ2n) is 11.2. The first kappa shape index (κ1) is 36.4. The summed E-state index contributed by atoms with van der Waals surface area (Å²) in [6, 6.07) is 0. The molecular weight excluding hydrogens is 480 g/mol.